The average molecular weight is 519 g/mol. The van der Waals surface area contributed by atoms with Crippen LogP contribution in [0.15, 0.2) is 18.2 Å². The molecule has 0 fully saturated rings. The molecule has 194 valence electrons. The lowest BCUT2D eigenvalue weighted by Gasteiger charge is -2.11. The quantitative estimate of drug-likeness (QED) is 0.182. The lowest BCUT2D eigenvalue weighted by Crippen LogP contribution is -2.41. The number of nitrogens with two attached hydrogens (primary N) is 2. The number of fused-ring (bicyclic) bond motifs is 1. The number of nitrogens with one attached hydrogen (secondary N) is 3. The number of imidazole rings is 1. The summed E-state index contributed by atoms with van der Waals surface area (Å²) in [6.07, 6.45) is 0. The van der Waals surface area contributed by atoms with Crippen LogP contribution in [-0.2, 0) is 24.4 Å². The second-order valence-corrected chi connectivity index (χ2v) is 8.38. The Balaban J connectivity index is 1.77. The third-order valence-corrected chi connectivity index (χ3v) is 6.09. The van der Waals surface area contributed by atoms with Crippen LogP contribution in [0.2, 0.25) is 5.15 Å². The number of likely N-dealkylation sites (N-methyl/N-ethyl adjacent to an activating group) is 1. The van der Waals surface area contributed by atoms with E-state index in [0.717, 1.165) is 16.9 Å². The van der Waals surface area contributed by atoms with Crippen molar-refractivity contribution < 1.29 is 18.9 Å². The van der Waals surface area contributed by atoms with Gasteiger partial charge in [-0.25, -0.2) is 19.1 Å². The second kappa shape index (κ2) is 11.9. The van der Waals surface area contributed by atoms with Gasteiger partial charge in [0.2, 0.25) is 5.91 Å². The van der Waals surface area contributed by atoms with Gasteiger partial charge >= 0.3 is 0 Å². The van der Waals surface area contributed by atoms with Crippen LogP contribution in [0, 0.1) is 0 Å². The molecule has 1 aromatic carbocycles. The van der Waals surface area contributed by atoms with Crippen LogP contribution >= 0.6 is 11.6 Å². The van der Waals surface area contributed by atoms with Crippen LogP contribution in [0.3, 0.4) is 0 Å². The first-order valence-corrected chi connectivity index (χ1v) is 12.1. The van der Waals surface area contributed by atoms with Gasteiger partial charge in [0.25, 0.3) is 11.7 Å². The normalized spacial score (nSPS) is 11.9. The fourth-order valence-corrected chi connectivity index (χ4v) is 3.96. The van der Waals surface area contributed by atoms with Gasteiger partial charge in [0.05, 0.1) is 25.7 Å². The molecule has 2 amide bonds. The average Bonchev–Trinajstić information content (AvgIpc) is 3.18. The minimum Gasteiger partial charge on any atom is -0.492 e. The minimum atomic E-state index is -0.504. The van der Waals surface area contributed by atoms with Crippen molar-refractivity contribution in [1.82, 2.24) is 30.5 Å². The van der Waals surface area contributed by atoms with Gasteiger partial charge in [-0.15, -0.1) is 0 Å². The molecule has 0 spiro atoms. The molecule has 36 heavy (non-hydrogen) atoms. The van der Waals surface area contributed by atoms with Gasteiger partial charge in [0.15, 0.2) is 33.5 Å². The summed E-state index contributed by atoms with van der Waals surface area (Å²) in [7, 11) is 1.73. The van der Waals surface area contributed by atoms with E-state index >= 15 is 0 Å². The van der Waals surface area contributed by atoms with E-state index < -0.39 is 5.91 Å². The van der Waals surface area contributed by atoms with Crippen LogP contribution in [0.4, 0.5) is 11.6 Å². The Morgan fingerprint density at radius 3 is 2.61 bits per heavy atom. The number of nitrogen functional groups attached to an aromatic ring is 2. The van der Waals surface area contributed by atoms with Crippen LogP contribution < -0.4 is 36.7 Å². The van der Waals surface area contributed by atoms with E-state index in [0.29, 0.717) is 32.0 Å². The van der Waals surface area contributed by atoms with E-state index in [2.05, 4.69) is 35.1 Å². The molecule has 12 nitrogen and oxygen atoms in total. The van der Waals surface area contributed by atoms with E-state index in [9.17, 15) is 9.59 Å². The molecule has 2 heterocycles. The predicted octanol–water partition coefficient (Wildman–Crippen LogP) is 0.609. The number of carbonyl (C=O) groups is 2. The molecule has 0 aliphatic rings. The topological polar surface area (TPSA) is 166 Å². The fourth-order valence-electron chi connectivity index (χ4n) is 3.84. The van der Waals surface area contributed by atoms with E-state index in [-0.39, 0.29) is 41.0 Å². The molecular weight excluding hydrogens is 486 g/mol. The molecule has 2 aromatic heterocycles. The molecule has 0 radical (unpaired) electrons. The van der Waals surface area contributed by atoms with Crippen molar-refractivity contribution in [3.05, 3.63) is 34.9 Å². The summed E-state index contributed by atoms with van der Waals surface area (Å²) in [6, 6.07) is 5.56. The Hall–Kier alpha value is -3.64. The number of amides is 2. The van der Waals surface area contributed by atoms with Crippen molar-refractivity contribution in [2.45, 2.75) is 46.4 Å². The number of nitrogens with zero attached hydrogens (tertiary/aromatic N) is 4. The first-order chi connectivity index (χ1) is 17.2. The first-order valence-electron chi connectivity index (χ1n) is 11.7. The van der Waals surface area contributed by atoms with E-state index in [4.69, 9.17) is 27.8 Å². The van der Waals surface area contributed by atoms with Gasteiger partial charge in [-0.05, 0) is 40.0 Å². The van der Waals surface area contributed by atoms with Crippen molar-refractivity contribution in [2.75, 3.05) is 31.7 Å². The third-order valence-electron chi connectivity index (χ3n) is 5.81. The maximum atomic E-state index is 12.8. The molecular formula is C23H33ClN9O3+. The largest absolute Gasteiger partial charge is 0.492 e. The van der Waals surface area contributed by atoms with Crippen molar-refractivity contribution >= 4 is 46.1 Å². The predicted molar refractivity (Wildman–Crippen MR) is 138 cm³/mol. The molecule has 7 N–H and O–H groups in total. The number of rotatable bonds is 11. The minimum absolute atomic E-state index is 0.0337. The summed E-state index contributed by atoms with van der Waals surface area (Å²) in [4.78, 5) is 32.5. The molecule has 0 bridgehead atoms. The molecule has 3 rings (SSSR count). The van der Waals surface area contributed by atoms with Crippen LogP contribution in [0.5, 0.6) is 5.75 Å². The second-order valence-electron chi connectivity index (χ2n) is 8.02. The van der Waals surface area contributed by atoms with Gasteiger partial charge in [-0.3, -0.25) is 9.59 Å². The summed E-state index contributed by atoms with van der Waals surface area (Å²) in [5.41, 5.74) is 13.3. The fraction of sp³-hybridized carbons (Fsp3) is 0.435. The van der Waals surface area contributed by atoms with E-state index in [1.165, 1.54) is 0 Å². The highest BCUT2D eigenvalue weighted by Crippen LogP contribution is 2.22. The Morgan fingerprint density at radius 1 is 1.19 bits per heavy atom. The molecule has 0 aliphatic heterocycles. The molecule has 1 atom stereocenters. The van der Waals surface area contributed by atoms with Gasteiger partial charge < -0.3 is 32.2 Å². The van der Waals surface area contributed by atoms with Gasteiger partial charge in [0.1, 0.15) is 18.9 Å². The summed E-state index contributed by atoms with van der Waals surface area (Å²) < 4.78 is 10.1. The summed E-state index contributed by atoms with van der Waals surface area (Å²) in [5.74, 6) is 0.865. The Kier molecular flexibility index (Phi) is 8.88. The van der Waals surface area contributed by atoms with Crippen molar-refractivity contribution in [3.63, 3.8) is 0 Å². The highest BCUT2D eigenvalue weighted by atomic mass is 35.5. The molecule has 0 saturated carbocycles. The number of benzene rings is 1. The number of halogens is 1. The Bertz CT molecular complexity index is 1260. The number of anilines is 2. The number of aryl methyl sites for hydroxylation is 2. The number of hydrogen-bond donors (Lipinski definition) is 5. The molecule has 0 unspecified atom stereocenters. The maximum absolute atomic E-state index is 12.8. The van der Waals surface area contributed by atoms with Gasteiger partial charge in [0, 0.05) is 6.07 Å². The smallest absolute Gasteiger partial charge is 0.277 e. The van der Waals surface area contributed by atoms with E-state index in [1.54, 1.807) is 14.0 Å². The van der Waals surface area contributed by atoms with Crippen LogP contribution in [0.1, 0.15) is 37.1 Å². The summed E-state index contributed by atoms with van der Waals surface area (Å²) in [5, 5.41) is 8.50. The lowest BCUT2D eigenvalue weighted by atomic mass is 10.3. The summed E-state index contributed by atoms with van der Waals surface area (Å²) >= 11 is 5.91. The Labute approximate surface area is 214 Å². The monoisotopic (exact) mass is 518 g/mol. The molecule has 0 aliphatic carbocycles. The third kappa shape index (κ3) is 5.77. The lowest BCUT2D eigenvalue weighted by molar-refractivity contribution is -0.676. The highest BCUT2D eigenvalue weighted by molar-refractivity contribution is 6.31. The Morgan fingerprint density at radius 2 is 1.94 bits per heavy atom. The maximum Gasteiger partial charge on any atom is 0.277 e. The first kappa shape index (κ1) is 27.0. The summed E-state index contributed by atoms with van der Waals surface area (Å²) in [6.45, 7) is 8.18. The SMILES string of the molecule is CCn1c(CNC(=O)c2nc(Cl)c(N)nc2N)[n+](CC)c2ccc(OCCNC(=O)[C@H](C)NC)cc21. The van der Waals surface area contributed by atoms with Crippen molar-refractivity contribution in [3.8, 4) is 5.75 Å². The van der Waals surface area contributed by atoms with Gasteiger partial charge in [-0.2, -0.15) is 0 Å². The number of carbonyl (C=O) groups excluding carboxylic acids is 2. The zero-order valence-corrected chi connectivity index (χ0v) is 21.6. The standard InChI is InChI=1S/C23H32ClN9O3/c1-5-32-15-8-7-14(36-10-9-28-22(34)13(3)27-4)11-16(15)33(6-2)17(32)12-29-23(35)18-20(25)31-21(26)19(24)30-18/h7-8,11,13,27H,5-6,9-10,12H2,1-4H3,(H5-,25,26,28,29,31,34,35)/p+1/t13-/m0/s1. The zero-order valence-electron chi connectivity index (χ0n) is 20.9. The highest BCUT2D eigenvalue weighted by Gasteiger charge is 2.25. The number of hydrogen-bond acceptors (Lipinski definition) is 8. The van der Waals surface area contributed by atoms with E-state index in [1.807, 2.05) is 32.0 Å². The molecule has 0 saturated heterocycles. The number of ether oxygens (including phenoxy) is 1. The van der Waals surface area contributed by atoms with Crippen molar-refractivity contribution in [2.24, 2.45) is 0 Å². The van der Waals surface area contributed by atoms with Crippen molar-refractivity contribution in [1.29, 1.82) is 0 Å². The number of aromatic nitrogens is 4. The molecule has 13 heteroatoms. The van der Waals surface area contributed by atoms with Gasteiger partial charge in [-0.1, -0.05) is 11.6 Å². The zero-order chi connectivity index (χ0) is 26.4. The van der Waals surface area contributed by atoms with Crippen LogP contribution in [0.25, 0.3) is 11.0 Å². The van der Waals surface area contributed by atoms with Crippen LogP contribution in [-0.4, -0.2) is 52.6 Å². The molecule has 3 aromatic rings.